The van der Waals surface area contributed by atoms with E-state index in [2.05, 4.69) is 54.0 Å². The Labute approximate surface area is 186 Å². The predicted molar refractivity (Wildman–Crippen MR) is 133 cm³/mol. The minimum atomic E-state index is -0.202. The number of hydrogen-bond acceptors (Lipinski definition) is 3. The lowest BCUT2D eigenvalue weighted by molar-refractivity contribution is 0.0954. The van der Waals surface area contributed by atoms with E-state index < -0.39 is 0 Å². The van der Waals surface area contributed by atoms with Crippen molar-refractivity contribution in [2.24, 2.45) is 5.10 Å². The van der Waals surface area contributed by atoms with Crippen LogP contribution in [0.25, 0.3) is 0 Å². The van der Waals surface area contributed by atoms with Gasteiger partial charge in [-0.3, -0.25) is 4.79 Å². The first-order valence-electron chi connectivity index (χ1n) is 10.7. The molecule has 4 heteroatoms. The van der Waals surface area contributed by atoms with Crippen LogP contribution in [0, 0.1) is 27.7 Å². The molecular weight excluding hydrogens is 382 g/mol. The molecule has 3 aromatic carbocycles. The topological polar surface area (TPSA) is 53.5 Å². The molecule has 3 aromatic rings. The summed E-state index contributed by atoms with van der Waals surface area (Å²) in [5.74, 6) is -0.202. The molecule has 0 aliphatic carbocycles. The van der Waals surface area contributed by atoms with Crippen molar-refractivity contribution in [1.82, 2.24) is 5.43 Å². The summed E-state index contributed by atoms with van der Waals surface area (Å²) in [5, 5.41) is 7.82. The molecule has 0 spiro atoms. The number of anilines is 2. The van der Waals surface area contributed by atoms with Crippen molar-refractivity contribution in [2.75, 3.05) is 5.32 Å². The number of amides is 1. The minimum absolute atomic E-state index is 0.202. The summed E-state index contributed by atoms with van der Waals surface area (Å²) in [7, 11) is 0. The molecule has 0 heterocycles. The lowest BCUT2D eigenvalue weighted by Gasteiger charge is -2.13. The molecule has 0 radical (unpaired) electrons. The van der Waals surface area contributed by atoms with Gasteiger partial charge in [0.15, 0.2) is 0 Å². The zero-order chi connectivity index (χ0) is 23.0. The second-order valence-electron chi connectivity index (χ2n) is 7.43. The van der Waals surface area contributed by atoms with Gasteiger partial charge in [-0.1, -0.05) is 61.9 Å². The van der Waals surface area contributed by atoms with Crippen LogP contribution in [0.4, 0.5) is 11.4 Å². The van der Waals surface area contributed by atoms with Gasteiger partial charge in [-0.05, 0) is 75.1 Å². The van der Waals surface area contributed by atoms with Gasteiger partial charge in [-0.2, -0.15) is 5.10 Å². The molecular formula is C27H33N3O. The predicted octanol–water partition coefficient (Wildman–Crippen LogP) is 6.84. The molecule has 0 aromatic heterocycles. The highest BCUT2D eigenvalue weighted by atomic mass is 16.2. The number of hydrazone groups is 1. The fraction of sp³-hybridized carbons (Fsp3) is 0.259. The molecule has 0 saturated carbocycles. The summed E-state index contributed by atoms with van der Waals surface area (Å²) in [4.78, 5) is 12.5. The molecule has 1 amide bonds. The Morgan fingerprint density at radius 2 is 1.45 bits per heavy atom. The standard InChI is InChI=1S/C25H27N3O.C2H6/c1-16-10-13-22(19(4)14-16)25(29)28-27-20(5)21-12-11-18(3)24(15-21)26-23-9-7-6-8-17(23)2;1-2/h6-15,26H,1-5H3,(H,28,29);1-2H3/b27-20+;. The van der Waals surface area contributed by atoms with E-state index in [1.54, 1.807) is 0 Å². The minimum Gasteiger partial charge on any atom is -0.355 e. The monoisotopic (exact) mass is 415 g/mol. The van der Waals surface area contributed by atoms with Gasteiger partial charge in [0, 0.05) is 16.9 Å². The van der Waals surface area contributed by atoms with E-state index in [1.807, 2.05) is 71.0 Å². The molecule has 3 rings (SSSR count). The summed E-state index contributed by atoms with van der Waals surface area (Å²) >= 11 is 0. The average molecular weight is 416 g/mol. The molecule has 0 unspecified atom stereocenters. The summed E-state index contributed by atoms with van der Waals surface area (Å²) in [5.41, 5.74) is 11.5. The van der Waals surface area contributed by atoms with Gasteiger partial charge < -0.3 is 5.32 Å². The second kappa shape index (κ2) is 11.1. The van der Waals surface area contributed by atoms with Gasteiger partial charge in [0.2, 0.25) is 0 Å². The van der Waals surface area contributed by atoms with Gasteiger partial charge in [-0.25, -0.2) is 5.43 Å². The molecule has 0 saturated heterocycles. The van der Waals surface area contributed by atoms with Crippen LogP contribution >= 0.6 is 0 Å². The van der Waals surface area contributed by atoms with Crippen molar-refractivity contribution in [3.05, 3.63) is 94.0 Å². The zero-order valence-electron chi connectivity index (χ0n) is 19.6. The summed E-state index contributed by atoms with van der Waals surface area (Å²) in [6.07, 6.45) is 0. The maximum atomic E-state index is 12.5. The van der Waals surface area contributed by atoms with Crippen molar-refractivity contribution in [1.29, 1.82) is 0 Å². The molecule has 0 aliphatic heterocycles. The summed E-state index contributed by atoms with van der Waals surface area (Å²) in [6.45, 7) is 14.0. The Morgan fingerprint density at radius 1 is 0.774 bits per heavy atom. The number of nitrogens with zero attached hydrogens (tertiary/aromatic N) is 1. The molecule has 0 atom stereocenters. The number of rotatable bonds is 5. The molecule has 2 N–H and O–H groups in total. The number of carbonyl (C=O) groups is 1. The first-order chi connectivity index (χ1) is 14.8. The zero-order valence-corrected chi connectivity index (χ0v) is 19.6. The number of para-hydroxylation sites is 1. The Hall–Kier alpha value is -3.40. The number of carbonyl (C=O) groups excluding carboxylic acids is 1. The fourth-order valence-electron chi connectivity index (χ4n) is 3.17. The van der Waals surface area contributed by atoms with Crippen LogP contribution in [0.5, 0.6) is 0 Å². The average Bonchev–Trinajstić information content (AvgIpc) is 2.76. The van der Waals surface area contributed by atoms with Gasteiger partial charge in [0.05, 0.1) is 5.71 Å². The first kappa shape index (κ1) is 23.9. The number of benzene rings is 3. The Kier molecular flexibility index (Phi) is 8.56. The van der Waals surface area contributed by atoms with E-state index in [9.17, 15) is 4.79 Å². The SMILES string of the molecule is C/C(=N\NC(=O)c1ccc(C)cc1C)c1ccc(C)c(Nc2ccccc2C)c1.CC. The van der Waals surface area contributed by atoms with E-state index in [-0.39, 0.29) is 5.91 Å². The van der Waals surface area contributed by atoms with Crippen molar-refractivity contribution in [2.45, 2.75) is 48.5 Å². The van der Waals surface area contributed by atoms with E-state index in [0.29, 0.717) is 5.56 Å². The molecule has 162 valence electrons. The Bertz CT molecular complexity index is 1080. The van der Waals surface area contributed by atoms with Crippen molar-refractivity contribution < 1.29 is 4.79 Å². The largest absolute Gasteiger partial charge is 0.355 e. The highest BCUT2D eigenvalue weighted by molar-refractivity contribution is 6.02. The maximum Gasteiger partial charge on any atom is 0.271 e. The normalized spacial score (nSPS) is 10.7. The third kappa shape index (κ3) is 6.29. The van der Waals surface area contributed by atoms with Gasteiger partial charge in [-0.15, -0.1) is 0 Å². The van der Waals surface area contributed by atoms with Gasteiger partial charge in [0.1, 0.15) is 0 Å². The fourth-order valence-corrected chi connectivity index (χ4v) is 3.17. The van der Waals surface area contributed by atoms with E-state index >= 15 is 0 Å². The number of nitrogens with one attached hydrogen (secondary N) is 2. The van der Waals surface area contributed by atoms with Crippen LogP contribution in [-0.4, -0.2) is 11.6 Å². The third-order valence-electron chi connectivity index (χ3n) is 5.02. The van der Waals surface area contributed by atoms with Crippen LogP contribution in [0.15, 0.2) is 65.8 Å². The number of aryl methyl sites for hydroxylation is 4. The third-order valence-corrected chi connectivity index (χ3v) is 5.02. The Morgan fingerprint density at radius 3 is 2.13 bits per heavy atom. The highest BCUT2D eigenvalue weighted by Crippen LogP contribution is 2.24. The van der Waals surface area contributed by atoms with E-state index in [0.717, 1.165) is 39.3 Å². The van der Waals surface area contributed by atoms with Crippen molar-refractivity contribution in [3.8, 4) is 0 Å². The second-order valence-corrected chi connectivity index (χ2v) is 7.43. The smallest absolute Gasteiger partial charge is 0.271 e. The van der Waals surface area contributed by atoms with Crippen LogP contribution < -0.4 is 10.7 Å². The first-order valence-corrected chi connectivity index (χ1v) is 10.7. The molecule has 0 fully saturated rings. The molecule has 4 nitrogen and oxygen atoms in total. The van der Waals surface area contributed by atoms with Crippen molar-refractivity contribution in [3.63, 3.8) is 0 Å². The highest BCUT2D eigenvalue weighted by Gasteiger charge is 2.09. The lowest BCUT2D eigenvalue weighted by atomic mass is 10.1. The molecule has 0 aliphatic rings. The van der Waals surface area contributed by atoms with Crippen LogP contribution in [0.1, 0.15) is 58.9 Å². The number of hydrogen-bond donors (Lipinski definition) is 2. The van der Waals surface area contributed by atoms with E-state index in [1.165, 1.54) is 5.56 Å². The van der Waals surface area contributed by atoms with E-state index in [4.69, 9.17) is 0 Å². The van der Waals surface area contributed by atoms with Crippen LogP contribution in [-0.2, 0) is 0 Å². The van der Waals surface area contributed by atoms with Crippen LogP contribution in [0.2, 0.25) is 0 Å². The summed E-state index contributed by atoms with van der Waals surface area (Å²) in [6, 6.07) is 20.1. The van der Waals surface area contributed by atoms with Crippen LogP contribution in [0.3, 0.4) is 0 Å². The van der Waals surface area contributed by atoms with Gasteiger partial charge >= 0.3 is 0 Å². The van der Waals surface area contributed by atoms with Gasteiger partial charge in [0.25, 0.3) is 5.91 Å². The Balaban J connectivity index is 0.00000166. The van der Waals surface area contributed by atoms with Crippen molar-refractivity contribution >= 4 is 23.0 Å². The maximum absolute atomic E-state index is 12.5. The molecule has 0 bridgehead atoms. The molecule has 31 heavy (non-hydrogen) atoms. The summed E-state index contributed by atoms with van der Waals surface area (Å²) < 4.78 is 0. The quantitative estimate of drug-likeness (QED) is 0.354. The lowest BCUT2D eigenvalue weighted by Crippen LogP contribution is -2.20.